The number of benzene rings is 1. The van der Waals surface area contributed by atoms with E-state index in [4.69, 9.17) is 13.9 Å². The minimum absolute atomic E-state index is 0.0166. The van der Waals surface area contributed by atoms with Crippen molar-refractivity contribution in [2.75, 3.05) is 19.9 Å². The number of nitrogens with zero attached hydrogens (tertiary/aromatic N) is 2. The van der Waals surface area contributed by atoms with Crippen LogP contribution < -0.4 is 9.47 Å². The molecular weight excluding hydrogens is 372 g/mol. The average Bonchev–Trinajstić information content (AvgIpc) is 3.34. The van der Waals surface area contributed by atoms with Gasteiger partial charge in [-0.25, -0.2) is 0 Å². The molecule has 3 rings (SSSR count). The summed E-state index contributed by atoms with van der Waals surface area (Å²) in [5, 5.41) is 0. The highest BCUT2D eigenvalue weighted by Crippen LogP contribution is 2.33. The molecule has 156 valence electrons. The zero-order chi connectivity index (χ0) is 20.8. The fraction of sp³-hybridized carbons (Fsp3) is 0.455. The van der Waals surface area contributed by atoms with Crippen LogP contribution in [0.15, 0.2) is 34.7 Å². The Labute approximate surface area is 171 Å². The lowest BCUT2D eigenvalue weighted by Gasteiger charge is -2.27. The van der Waals surface area contributed by atoms with Crippen molar-refractivity contribution < 1.29 is 23.5 Å². The second kappa shape index (κ2) is 9.49. The molecule has 2 aromatic rings. The van der Waals surface area contributed by atoms with E-state index in [0.717, 1.165) is 17.7 Å². The highest BCUT2D eigenvalue weighted by atomic mass is 16.7. The number of amides is 2. The molecule has 0 saturated heterocycles. The number of furan rings is 1. The summed E-state index contributed by atoms with van der Waals surface area (Å²) < 4.78 is 16.5. The average molecular weight is 400 g/mol. The van der Waals surface area contributed by atoms with E-state index < -0.39 is 0 Å². The second-order valence-electron chi connectivity index (χ2n) is 7.12. The van der Waals surface area contributed by atoms with Gasteiger partial charge in [-0.2, -0.15) is 0 Å². The molecule has 1 aliphatic rings. The number of fused-ring (bicyclic) bond motifs is 1. The largest absolute Gasteiger partial charge is 0.464 e. The maximum Gasteiger partial charge on any atom is 0.242 e. The van der Waals surface area contributed by atoms with Crippen molar-refractivity contribution in [1.82, 2.24) is 9.80 Å². The van der Waals surface area contributed by atoms with Gasteiger partial charge in [0.05, 0.1) is 13.1 Å². The SMILES string of the molecule is CCCN(CC(=O)N(Cc1ccc2c(c1)OCO2)Cc1ccc(C)o1)C(=O)CC. The number of hydrogen-bond acceptors (Lipinski definition) is 5. The molecule has 1 aromatic carbocycles. The van der Waals surface area contributed by atoms with E-state index in [1.165, 1.54) is 0 Å². The van der Waals surface area contributed by atoms with E-state index >= 15 is 0 Å². The molecule has 0 atom stereocenters. The predicted octanol–water partition coefficient (Wildman–Crippen LogP) is 3.49. The summed E-state index contributed by atoms with van der Waals surface area (Å²) in [6.45, 7) is 7.23. The first-order valence-corrected chi connectivity index (χ1v) is 9.99. The molecule has 0 aliphatic carbocycles. The highest BCUT2D eigenvalue weighted by Gasteiger charge is 2.22. The topological polar surface area (TPSA) is 72.2 Å². The number of carbonyl (C=O) groups is 2. The first-order chi connectivity index (χ1) is 14.0. The zero-order valence-corrected chi connectivity index (χ0v) is 17.3. The molecule has 7 nitrogen and oxygen atoms in total. The summed E-state index contributed by atoms with van der Waals surface area (Å²) in [7, 11) is 0. The Kier molecular flexibility index (Phi) is 6.80. The molecule has 1 aliphatic heterocycles. The third kappa shape index (κ3) is 5.31. The van der Waals surface area contributed by atoms with Crippen molar-refractivity contribution in [3.05, 3.63) is 47.4 Å². The van der Waals surface area contributed by atoms with Crippen LogP contribution in [0.5, 0.6) is 11.5 Å². The lowest BCUT2D eigenvalue weighted by molar-refractivity contribution is -0.141. The van der Waals surface area contributed by atoms with E-state index in [1.54, 1.807) is 9.80 Å². The van der Waals surface area contributed by atoms with Crippen molar-refractivity contribution >= 4 is 11.8 Å². The van der Waals surface area contributed by atoms with Crippen molar-refractivity contribution in [2.24, 2.45) is 0 Å². The van der Waals surface area contributed by atoms with Crippen LogP contribution in [-0.4, -0.2) is 41.5 Å². The molecule has 2 amide bonds. The van der Waals surface area contributed by atoms with E-state index in [1.807, 2.05) is 51.1 Å². The van der Waals surface area contributed by atoms with Gasteiger partial charge < -0.3 is 23.7 Å². The van der Waals surface area contributed by atoms with Crippen molar-refractivity contribution in [2.45, 2.75) is 46.7 Å². The van der Waals surface area contributed by atoms with Gasteiger partial charge in [-0.05, 0) is 43.2 Å². The maximum atomic E-state index is 13.1. The van der Waals surface area contributed by atoms with Crippen LogP contribution in [-0.2, 0) is 22.7 Å². The van der Waals surface area contributed by atoms with Crippen LogP contribution in [0, 0.1) is 6.92 Å². The van der Waals surface area contributed by atoms with Gasteiger partial charge in [0.15, 0.2) is 11.5 Å². The third-order valence-electron chi connectivity index (χ3n) is 4.78. The summed E-state index contributed by atoms with van der Waals surface area (Å²) in [6, 6.07) is 9.40. The van der Waals surface area contributed by atoms with Gasteiger partial charge in [0, 0.05) is 19.5 Å². The van der Waals surface area contributed by atoms with Crippen LogP contribution in [0.25, 0.3) is 0 Å². The molecule has 0 N–H and O–H groups in total. The molecule has 2 heterocycles. The normalized spacial score (nSPS) is 12.1. The molecule has 0 fully saturated rings. The fourth-order valence-electron chi connectivity index (χ4n) is 3.30. The van der Waals surface area contributed by atoms with Crippen molar-refractivity contribution in [3.63, 3.8) is 0 Å². The van der Waals surface area contributed by atoms with Crippen molar-refractivity contribution in [3.8, 4) is 11.5 Å². The Morgan fingerprint density at radius 2 is 1.76 bits per heavy atom. The molecule has 0 saturated carbocycles. The van der Waals surface area contributed by atoms with Crippen LogP contribution >= 0.6 is 0 Å². The van der Waals surface area contributed by atoms with Gasteiger partial charge in [-0.3, -0.25) is 9.59 Å². The highest BCUT2D eigenvalue weighted by molar-refractivity contribution is 5.84. The number of carbonyl (C=O) groups excluding carboxylic acids is 2. The molecule has 7 heteroatoms. The van der Waals surface area contributed by atoms with E-state index in [2.05, 4.69) is 0 Å². The summed E-state index contributed by atoms with van der Waals surface area (Å²) in [6.07, 6.45) is 1.19. The van der Waals surface area contributed by atoms with Crippen molar-refractivity contribution in [1.29, 1.82) is 0 Å². The molecule has 0 spiro atoms. The monoisotopic (exact) mass is 400 g/mol. The van der Waals surface area contributed by atoms with Gasteiger partial charge in [-0.15, -0.1) is 0 Å². The van der Waals surface area contributed by atoms with Crippen LogP contribution in [0.3, 0.4) is 0 Å². The predicted molar refractivity (Wildman–Crippen MR) is 107 cm³/mol. The Morgan fingerprint density at radius 1 is 0.966 bits per heavy atom. The van der Waals surface area contributed by atoms with E-state index in [9.17, 15) is 9.59 Å². The van der Waals surface area contributed by atoms with Crippen LogP contribution in [0.4, 0.5) is 0 Å². The first-order valence-electron chi connectivity index (χ1n) is 9.99. The summed E-state index contributed by atoms with van der Waals surface area (Å²) >= 11 is 0. The summed E-state index contributed by atoms with van der Waals surface area (Å²) in [5.74, 6) is 2.75. The molecule has 0 radical (unpaired) electrons. The van der Waals surface area contributed by atoms with Gasteiger partial charge in [0.2, 0.25) is 18.6 Å². The smallest absolute Gasteiger partial charge is 0.242 e. The van der Waals surface area contributed by atoms with Crippen LogP contribution in [0.2, 0.25) is 0 Å². The second-order valence-corrected chi connectivity index (χ2v) is 7.12. The quantitative estimate of drug-likeness (QED) is 0.644. The molecule has 29 heavy (non-hydrogen) atoms. The van der Waals surface area contributed by atoms with Gasteiger partial charge in [0.1, 0.15) is 11.5 Å². The Bertz CT molecular complexity index is 861. The van der Waals surface area contributed by atoms with E-state index in [-0.39, 0.29) is 25.2 Å². The third-order valence-corrected chi connectivity index (χ3v) is 4.78. The number of aryl methyl sites for hydroxylation is 1. The Morgan fingerprint density at radius 3 is 2.45 bits per heavy atom. The molecule has 0 bridgehead atoms. The maximum absolute atomic E-state index is 13.1. The zero-order valence-electron chi connectivity index (χ0n) is 17.3. The fourth-order valence-corrected chi connectivity index (χ4v) is 3.30. The number of ether oxygens (including phenoxy) is 2. The number of hydrogen-bond donors (Lipinski definition) is 0. The minimum atomic E-state index is -0.119. The summed E-state index contributed by atoms with van der Waals surface area (Å²) in [5.41, 5.74) is 0.926. The molecule has 1 aromatic heterocycles. The summed E-state index contributed by atoms with van der Waals surface area (Å²) in [4.78, 5) is 28.7. The lowest BCUT2D eigenvalue weighted by atomic mass is 10.1. The molecule has 0 unspecified atom stereocenters. The lowest BCUT2D eigenvalue weighted by Crippen LogP contribution is -2.42. The molecular formula is C22H28N2O5. The first kappa shape index (κ1) is 20.8. The Hall–Kier alpha value is -2.96. The van der Waals surface area contributed by atoms with Gasteiger partial charge >= 0.3 is 0 Å². The number of rotatable bonds is 9. The van der Waals surface area contributed by atoms with E-state index in [0.29, 0.717) is 43.3 Å². The van der Waals surface area contributed by atoms with Gasteiger partial charge in [-0.1, -0.05) is 19.9 Å². The standard InChI is InChI=1S/C22H28N2O5/c1-4-10-23(21(25)5-2)14-22(26)24(13-18-8-6-16(3)29-18)12-17-7-9-19-20(11-17)28-15-27-19/h6-9,11H,4-5,10,12-15H2,1-3H3. The van der Waals surface area contributed by atoms with Gasteiger partial charge in [0.25, 0.3) is 0 Å². The Balaban J connectivity index is 1.78. The minimum Gasteiger partial charge on any atom is -0.464 e. The van der Waals surface area contributed by atoms with Crippen LogP contribution in [0.1, 0.15) is 43.8 Å².